The summed E-state index contributed by atoms with van der Waals surface area (Å²) in [4.78, 5) is 58.4. The number of amides is 3. The lowest BCUT2D eigenvalue weighted by molar-refractivity contribution is -0.156. The zero-order valence-corrected chi connectivity index (χ0v) is 37.5. The van der Waals surface area contributed by atoms with Crippen LogP contribution in [0.5, 0.6) is 5.75 Å². The summed E-state index contributed by atoms with van der Waals surface area (Å²) >= 11 is 1.51. The van der Waals surface area contributed by atoms with E-state index in [4.69, 9.17) is 33.2 Å². The summed E-state index contributed by atoms with van der Waals surface area (Å²) in [5.74, 6) is -1.62. The van der Waals surface area contributed by atoms with E-state index in [0.29, 0.717) is 64.2 Å². The maximum Gasteiger partial charge on any atom is 0.308 e. The van der Waals surface area contributed by atoms with Crippen LogP contribution in [0, 0.1) is 12.3 Å². The SMILES string of the molecule is Cc1ncsc1-c1ccc(CNC(=O)[C@@H]2C[C@@H](O)CN2C(=O)[C@@H](NC(=O)C2(F)CC2)C(C)(C)C)c(OCCOCCOCCOCCOCCOCCC(=O)OC(C)(C)C)c1. The molecular formula is C43H65FN4O12S. The van der Waals surface area contributed by atoms with Crippen LogP contribution in [0.2, 0.25) is 0 Å². The quantitative estimate of drug-likeness (QED) is 0.0911. The molecule has 2 aromatic rings. The fraction of sp³-hybridized carbons (Fsp3) is 0.698. The zero-order chi connectivity index (χ0) is 44.6. The molecule has 1 aliphatic heterocycles. The summed E-state index contributed by atoms with van der Waals surface area (Å²) in [5, 5.41) is 16.1. The highest BCUT2D eigenvalue weighted by molar-refractivity contribution is 7.13. The highest BCUT2D eigenvalue weighted by Gasteiger charge is 2.53. The Balaban J connectivity index is 1.16. The average molecular weight is 881 g/mol. The maximum absolute atomic E-state index is 14.6. The van der Waals surface area contributed by atoms with Crippen molar-refractivity contribution in [1.82, 2.24) is 20.5 Å². The van der Waals surface area contributed by atoms with Gasteiger partial charge in [0.1, 0.15) is 30.0 Å². The number of halogens is 1. The first kappa shape index (κ1) is 49.9. The number of ether oxygens (including phenoxy) is 7. The summed E-state index contributed by atoms with van der Waals surface area (Å²) in [6.45, 7) is 16.5. The van der Waals surface area contributed by atoms with Gasteiger partial charge < -0.3 is 53.8 Å². The Bertz CT molecular complexity index is 1730. The van der Waals surface area contributed by atoms with E-state index in [1.165, 1.54) is 16.2 Å². The number of aryl methyl sites for hydroxylation is 1. The number of aliphatic hydroxyl groups excluding tert-OH is 1. The van der Waals surface area contributed by atoms with Crippen molar-refractivity contribution >= 4 is 35.0 Å². The van der Waals surface area contributed by atoms with Gasteiger partial charge in [-0.15, -0.1) is 11.3 Å². The molecule has 2 heterocycles. The standard InChI is InChI=1S/C43H65FN4O12S/c1-29-36(61-28-46-29)30-8-9-31(26-45-38(51)33-25-32(49)27-48(33)39(52)37(41(2,3)4)47-40(53)43(44)11-12-43)34(24-30)59-23-22-58-21-20-57-19-18-56-17-16-55-15-14-54-13-10-35(50)60-42(5,6)7/h8-9,24,28,32-33,37,49H,10-23,25-27H2,1-7H3,(H,45,51)(H,47,53)/t32-,33+,37-/m1/s1. The number of hydrogen-bond donors (Lipinski definition) is 3. The molecule has 0 bridgehead atoms. The minimum absolute atomic E-state index is 0.0174. The number of hydrogen-bond acceptors (Lipinski definition) is 14. The molecule has 1 aromatic carbocycles. The van der Waals surface area contributed by atoms with Gasteiger partial charge in [-0.3, -0.25) is 19.2 Å². The van der Waals surface area contributed by atoms with E-state index in [1.807, 2.05) is 45.9 Å². The predicted molar refractivity (Wildman–Crippen MR) is 225 cm³/mol. The lowest BCUT2D eigenvalue weighted by atomic mass is 9.85. The molecule has 1 saturated heterocycles. The number of esters is 1. The number of aliphatic hydroxyl groups is 1. The molecule has 2 fully saturated rings. The lowest BCUT2D eigenvalue weighted by Gasteiger charge is -2.35. The van der Waals surface area contributed by atoms with Crippen LogP contribution in [0.15, 0.2) is 23.7 Å². The first-order valence-corrected chi connectivity index (χ1v) is 21.8. The predicted octanol–water partition coefficient (Wildman–Crippen LogP) is 3.92. The van der Waals surface area contributed by atoms with Gasteiger partial charge >= 0.3 is 5.97 Å². The number of likely N-dealkylation sites (tertiary alicyclic amines) is 1. The fourth-order valence-corrected chi connectivity index (χ4v) is 7.12. The van der Waals surface area contributed by atoms with Crippen molar-refractivity contribution in [3.05, 3.63) is 35.0 Å². The summed E-state index contributed by atoms with van der Waals surface area (Å²) in [5.41, 5.74) is 0.974. The summed E-state index contributed by atoms with van der Waals surface area (Å²) in [6, 6.07) is 3.59. The van der Waals surface area contributed by atoms with Crippen molar-refractivity contribution < 1.29 is 61.8 Å². The summed E-state index contributed by atoms with van der Waals surface area (Å²) in [6.07, 6.45) is -0.522. The molecule has 61 heavy (non-hydrogen) atoms. The molecule has 1 aromatic heterocycles. The first-order valence-electron chi connectivity index (χ1n) is 20.9. The molecule has 3 amide bonds. The Labute approximate surface area is 362 Å². The van der Waals surface area contributed by atoms with Gasteiger partial charge in [-0.2, -0.15) is 0 Å². The number of carbonyl (C=O) groups excluding carboxylic acids is 4. The van der Waals surface area contributed by atoms with Gasteiger partial charge in [-0.25, -0.2) is 9.37 Å². The number of carbonyl (C=O) groups is 4. The molecule has 18 heteroatoms. The molecule has 16 nitrogen and oxygen atoms in total. The van der Waals surface area contributed by atoms with E-state index >= 15 is 0 Å². The highest BCUT2D eigenvalue weighted by atomic mass is 32.1. The van der Waals surface area contributed by atoms with Crippen molar-refractivity contribution in [1.29, 1.82) is 0 Å². The first-order chi connectivity index (χ1) is 28.9. The number of nitrogens with zero attached hydrogens (tertiary/aromatic N) is 2. The third kappa shape index (κ3) is 16.8. The fourth-order valence-electron chi connectivity index (χ4n) is 6.31. The molecule has 0 spiro atoms. The lowest BCUT2D eigenvalue weighted by Crippen LogP contribution is -2.59. The Hall–Kier alpha value is -3.78. The molecule has 1 saturated carbocycles. The van der Waals surface area contributed by atoms with Crippen LogP contribution in [-0.2, 0) is 54.1 Å². The Morgan fingerprint density at radius 2 is 1.48 bits per heavy atom. The second kappa shape index (κ2) is 23.6. The number of benzene rings is 1. The second-order valence-electron chi connectivity index (χ2n) is 17.2. The van der Waals surface area contributed by atoms with Gasteiger partial charge in [0, 0.05) is 25.1 Å². The van der Waals surface area contributed by atoms with Crippen molar-refractivity contribution in [2.45, 2.75) is 110 Å². The van der Waals surface area contributed by atoms with Crippen molar-refractivity contribution in [3.63, 3.8) is 0 Å². The van der Waals surface area contributed by atoms with Crippen molar-refractivity contribution in [2.75, 3.05) is 79.2 Å². The van der Waals surface area contributed by atoms with Gasteiger partial charge in [0.25, 0.3) is 5.91 Å². The highest BCUT2D eigenvalue weighted by Crippen LogP contribution is 2.40. The van der Waals surface area contributed by atoms with E-state index in [0.717, 1.165) is 16.1 Å². The number of rotatable bonds is 26. The second-order valence-corrected chi connectivity index (χ2v) is 18.0. The van der Waals surface area contributed by atoms with Crippen LogP contribution in [0.3, 0.4) is 0 Å². The average Bonchev–Trinajstić information content (AvgIpc) is 3.59. The maximum atomic E-state index is 14.6. The van der Waals surface area contributed by atoms with Crippen LogP contribution >= 0.6 is 11.3 Å². The third-order valence-corrected chi connectivity index (χ3v) is 10.7. The topological polar surface area (TPSA) is 193 Å². The molecule has 0 unspecified atom stereocenters. The number of alkyl halides is 1. The molecule has 3 N–H and O–H groups in total. The molecular weight excluding hydrogens is 816 g/mol. The zero-order valence-electron chi connectivity index (χ0n) is 36.7. The minimum Gasteiger partial charge on any atom is -0.491 e. The van der Waals surface area contributed by atoms with Gasteiger partial charge in [0.15, 0.2) is 5.67 Å². The van der Waals surface area contributed by atoms with E-state index in [9.17, 15) is 28.7 Å². The van der Waals surface area contributed by atoms with E-state index in [1.54, 1.807) is 26.3 Å². The molecule has 1 aliphatic carbocycles. The summed E-state index contributed by atoms with van der Waals surface area (Å²) in [7, 11) is 0. The van der Waals surface area contributed by atoms with Gasteiger partial charge in [0.05, 0.1) is 94.7 Å². The van der Waals surface area contributed by atoms with Crippen LogP contribution in [-0.4, -0.2) is 147 Å². The molecule has 342 valence electrons. The van der Waals surface area contributed by atoms with E-state index in [-0.39, 0.29) is 64.6 Å². The normalized spacial score (nSPS) is 17.8. The van der Waals surface area contributed by atoms with Gasteiger partial charge in [0.2, 0.25) is 11.8 Å². The molecule has 3 atom stereocenters. The Morgan fingerprint density at radius 3 is 2.00 bits per heavy atom. The Morgan fingerprint density at radius 1 is 0.902 bits per heavy atom. The number of aromatic nitrogens is 1. The van der Waals surface area contributed by atoms with E-state index < -0.39 is 52.6 Å². The molecule has 0 radical (unpaired) electrons. The van der Waals surface area contributed by atoms with E-state index in [2.05, 4.69) is 15.6 Å². The largest absolute Gasteiger partial charge is 0.491 e. The van der Waals surface area contributed by atoms with Crippen LogP contribution in [0.25, 0.3) is 10.4 Å². The summed E-state index contributed by atoms with van der Waals surface area (Å²) < 4.78 is 53.7. The Kier molecular flexibility index (Phi) is 19.3. The number of β-amino-alcohol motifs (C(OH)–C–C–N with tert-alkyl or cyclic N) is 1. The van der Waals surface area contributed by atoms with Crippen LogP contribution in [0.4, 0.5) is 4.39 Å². The molecule has 2 aliphatic rings. The smallest absolute Gasteiger partial charge is 0.308 e. The van der Waals surface area contributed by atoms with Gasteiger partial charge in [-0.05, 0) is 57.6 Å². The van der Waals surface area contributed by atoms with Crippen LogP contribution in [0.1, 0.15) is 78.5 Å². The third-order valence-electron chi connectivity index (χ3n) is 9.72. The van der Waals surface area contributed by atoms with Gasteiger partial charge in [-0.1, -0.05) is 32.9 Å². The molecule has 4 rings (SSSR count). The number of nitrogens with one attached hydrogen (secondary N) is 2. The van der Waals surface area contributed by atoms with Crippen LogP contribution < -0.4 is 15.4 Å². The van der Waals surface area contributed by atoms with Crippen molar-refractivity contribution in [2.24, 2.45) is 5.41 Å². The monoisotopic (exact) mass is 880 g/mol. The number of thiazole rings is 1. The minimum atomic E-state index is -1.97. The van der Waals surface area contributed by atoms with Crippen molar-refractivity contribution in [3.8, 4) is 16.2 Å².